The minimum Gasteiger partial charge on any atom is -0.371 e. The van der Waals surface area contributed by atoms with E-state index in [1.54, 1.807) is 12.1 Å². The zero-order valence-electron chi connectivity index (χ0n) is 10.7. The molecule has 0 amide bonds. The van der Waals surface area contributed by atoms with E-state index in [1.165, 1.54) is 0 Å². The van der Waals surface area contributed by atoms with Crippen molar-refractivity contribution in [2.45, 2.75) is 31.6 Å². The zero-order chi connectivity index (χ0) is 12.5. The molecule has 2 atom stereocenters. The predicted octanol–water partition coefficient (Wildman–Crippen LogP) is 1.91. The monoisotopic (exact) mass is 250 g/mol. The molecule has 0 radical (unpaired) electrons. The highest BCUT2D eigenvalue weighted by Gasteiger charge is 2.34. The van der Waals surface area contributed by atoms with Crippen molar-refractivity contribution in [3.8, 4) is 0 Å². The molecule has 0 aliphatic carbocycles. The van der Waals surface area contributed by atoms with Crippen LogP contribution in [-0.2, 0) is 11.3 Å². The van der Waals surface area contributed by atoms with Crippen molar-refractivity contribution in [1.29, 1.82) is 0 Å². The third kappa shape index (κ3) is 2.22. The lowest BCUT2D eigenvalue weighted by atomic mass is 10.1. The van der Waals surface area contributed by atoms with E-state index in [0.29, 0.717) is 18.8 Å². The van der Waals surface area contributed by atoms with Crippen LogP contribution in [0.25, 0.3) is 0 Å². The highest BCUT2D eigenvalue weighted by Crippen LogP contribution is 2.31. The number of fused-ring (bicyclic) bond motifs is 2. The van der Waals surface area contributed by atoms with Gasteiger partial charge in [0, 0.05) is 25.3 Å². The van der Waals surface area contributed by atoms with Crippen molar-refractivity contribution < 1.29 is 9.13 Å². The summed E-state index contributed by atoms with van der Waals surface area (Å²) in [5.74, 6) is -0.166. The molecule has 1 aromatic rings. The minimum absolute atomic E-state index is 0.166. The maximum Gasteiger partial charge on any atom is 0.123 e. The molecule has 2 fully saturated rings. The maximum absolute atomic E-state index is 13.3. The molecule has 1 aromatic carbocycles. The van der Waals surface area contributed by atoms with E-state index in [1.807, 2.05) is 13.1 Å². The first kappa shape index (κ1) is 11.9. The van der Waals surface area contributed by atoms with E-state index in [4.69, 9.17) is 4.74 Å². The lowest BCUT2D eigenvalue weighted by Crippen LogP contribution is -2.43. The number of halogens is 1. The number of ether oxygens (including phenoxy) is 1. The molecule has 2 aliphatic rings. The third-order valence-corrected chi connectivity index (χ3v) is 3.79. The van der Waals surface area contributed by atoms with E-state index in [2.05, 4.69) is 10.2 Å². The number of morpholine rings is 1. The fourth-order valence-electron chi connectivity index (χ4n) is 3.01. The molecule has 18 heavy (non-hydrogen) atoms. The van der Waals surface area contributed by atoms with Crippen LogP contribution < -0.4 is 10.2 Å². The second-order valence-electron chi connectivity index (χ2n) is 5.17. The van der Waals surface area contributed by atoms with E-state index < -0.39 is 0 Å². The van der Waals surface area contributed by atoms with Gasteiger partial charge >= 0.3 is 0 Å². The van der Waals surface area contributed by atoms with E-state index in [0.717, 1.165) is 37.2 Å². The summed E-state index contributed by atoms with van der Waals surface area (Å²) in [6.45, 7) is 2.55. The lowest BCUT2D eigenvalue weighted by molar-refractivity contribution is 0.0304. The van der Waals surface area contributed by atoms with Crippen molar-refractivity contribution in [2.75, 3.05) is 25.0 Å². The van der Waals surface area contributed by atoms with Crippen molar-refractivity contribution in [2.24, 2.45) is 0 Å². The molecule has 2 unspecified atom stereocenters. The molecule has 0 aromatic heterocycles. The third-order valence-electron chi connectivity index (χ3n) is 3.79. The molecule has 0 spiro atoms. The van der Waals surface area contributed by atoms with Crippen LogP contribution in [0.4, 0.5) is 10.1 Å². The second-order valence-corrected chi connectivity index (χ2v) is 5.17. The van der Waals surface area contributed by atoms with Crippen LogP contribution in [0, 0.1) is 5.82 Å². The summed E-state index contributed by atoms with van der Waals surface area (Å²) in [5, 5.41) is 3.10. The van der Waals surface area contributed by atoms with Gasteiger partial charge in [-0.15, -0.1) is 0 Å². The van der Waals surface area contributed by atoms with Crippen LogP contribution in [0.15, 0.2) is 18.2 Å². The van der Waals surface area contributed by atoms with Crippen LogP contribution in [0.5, 0.6) is 0 Å². The molecule has 2 aliphatic heterocycles. The van der Waals surface area contributed by atoms with Crippen molar-refractivity contribution in [1.82, 2.24) is 5.32 Å². The van der Waals surface area contributed by atoms with Gasteiger partial charge in [-0.05, 0) is 43.7 Å². The number of hydrogen-bond donors (Lipinski definition) is 1. The molecule has 4 heteroatoms. The number of benzene rings is 1. The van der Waals surface area contributed by atoms with Gasteiger partial charge in [-0.25, -0.2) is 4.39 Å². The van der Waals surface area contributed by atoms with Crippen molar-refractivity contribution in [3.05, 3.63) is 29.6 Å². The molecule has 3 nitrogen and oxygen atoms in total. The Morgan fingerprint density at radius 2 is 2.06 bits per heavy atom. The maximum atomic E-state index is 13.3. The van der Waals surface area contributed by atoms with Gasteiger partial charge in [-0.1, -0.05) is 0 Å². The molecule has 3 rings (SSSR count). The Morgan fingerprint density at radius 1 is 1.33 bits per heavy atom. The quantitative estimate of drug-likeness (QED) is 0.887. The first-order valence-electron chi connectivity index (χ1n) is 6.59. The number of rotatable bonds is 3. The highest BCUT2D eigenvalue weighted by molar-refractivity contribution is 5.54. The van der Waals surface area contributed by atoms with E-state index >= 15 is 0 Å². The minimum atomic E-state index is -0.166. The Labute approximate surface area is 107 Å². The number of hydrogen-bond acceptors (Lipinski definition) is 3. The normalized spacial score (nSPS) is 26.7. The second kappa shape index (κ2) is 4.86. The van der Waals surface area contributed by atoms with Crippen LogP contribution in [0.3, 0.4) is 0 Å². The lowest BCUT2D eigenvalue weighted by Gasteiger charge is -2.35. The smallest absolute Gasteiger partial charge is 0.123 e. The molecule has 98 valence electrons. The predicted molar refractivity (Wildman–Crippen MR) is 69.3 cm³/mol. The number of nitrogens with zero attached hydrogens (tertiary/aromatic N) is 1. The van der Waals surface area contributed by atoms with Crippen LogP contribution in [0.2, 0.25) is 0 Å². The Bertz CT molecular complexity index is 426. The number of anilines is 1. The van der Waals surface area contributed by atoms with Crippen LogP contribution in [-0.4, -0.2) is 32.3 Å². The molecule has 2 saturated heterocycles. The van der Waals surface area contributed by atoms with Gasteiger partial charge in [0.25, 0.3) is 0 Å². The standard InChI is InChI=1S/C14H19FN2O/c1-16-7-10-6-11(15)2-5-14(10)17-8-12-3-4-13(9-17)18-12/h2,5-6,12-13,16H,3-4,7-9H2,1H3. The summed E-state index contributed by atoms with van der Waals surface area (Å²) >= 11 is 0. The topological polar surface area (TPSA) is 24.5 Å². The van der Waals surface area contributed by atoms with Gasteiger partial charge in [0.15, 0.2) is 0 Å². The van der Waals surface area contributed by atoms with Gasteiger partial charge in [0.1, 0.15) is 5.82 Å². The first-order chi connectivity index (χ1) is 8.76. The summed E-state index contributed by atoms with van der Waals surface area (Å²) in [6.07, 6.45) is 3.03. The fourth-order valence-corrected chi connectivity index (χ4v) is 3.01. The van der Waals surface area contributed by atoms with Gasteiger partial charge < -0.3 is 15.0 Å². The summed E-state index contributed by atoms with van der Waals surface area (Å²) in [6, 6.07) is 5.07. The van der Waals surface area contributed by atoms with Crippen LogP contribution in [0.1, 0.15) is 18.4 Å². The van der Waals surface area contributed by atoms with Gasteiger partial charge in [0.05, 0.1) is 12.2 Å². The average Bonchev–Trinajstić information content (AvgIpc) is 2.69. The zero-order valence-corrected chi connectivity index (χ0v) is 10.7. The molecule has 0 saturated carbocycles. The molecule has 2 heterocycles. The Hall–Kier alpha value is -1.13. The summed E-state index contributed by atoms with van der Waals surface area (Å²) in [4.78, 5) is 2.35. The fraction of sp³-hybridized carbons (Fsp3) is 0.571. The van der Waals surface area contributed by atoms with E-state index in [-0.39, 0.29) is 5.82 Å². The van der Waals surface area contributed by atoms with E-state index in [9.17, 15) is 4.39 Å². The highest BCUT2D eigenvalue weighted by atomic mass is 19.1. The summed E-state index contributed by atoms with van der Waals surface area (Å²) in [5.41, 5.74) is 2.17. The SMILES string of the molecule is CNCc1cc(F)ccc1N1CC2CCC(C1)O2. The summed E-state index contributed by atoms with van der Waals surface area (Å²) < 4.78 is 19.2. The Morgan fingerprint density at radius 3 is 2.72 bits per heavy atom. The van der Waals surface area contributed by atoms with Gasteiger partial charge in [0.2, 0.25) is 0 Å². The average molecular weight is 250 g/mol. The van der Waals surface area contributed by atoms with Crippen LogP contribution >= 0.6 is 0 Å². The molecular formula is C14H19FN2O. The molecule has 2 bridgehead atoms. The Kier molecular flexibility index (Phi) is 3.22. The van der Waals surface area contributed by atoms with Gasteiger partial charge in [-0.3, -0.25) is 0 Å². The first-order valence-corrected chi connectivity index (χ1v) is 6.59. The molecule has 1 N–H and O–H groups in total. The van der Waals surface area contributed by atoms with Gasteiger partial charge in [-0.2, -0.15) is 0 Å². The van der Waals surface area contributed by atoms with Crippen molar-refractivity contribution in [3.63, 3.8) is 0 Å². The van der Waals surface area contributed by atoms with Crippen molar-refractivity contribution >= 4 is 5.69 Å². The number of nitrogens with one attached hydrogen (secondary N) is 1. The largest absolute Gasteiger partial charge is 0.371 e. The Balaban J connectivity index is 1.86. The summed E-state index contributed by atoms with van der Waals surface area (Å²) in [7, 11) is 1.89. The molecular weight excluding hydrogens is 231 g/mol.